The number of thiophene rings is 1. The van der Waals surface area contributed by atoms with Gasteiger partial charge in [0.25, 0.3) is 0 Å². The van der Waals surface area contributed by atoms with E-state index in [-0.39, 0.29) is 0 Å². The summed E-state index contributed by atoms with van der Waals surface area (Å²) >= 11 is 1.45. The molecular weight excluding hydrogens is 154 g/mol. The molecule has 1 rings (SSSR count). The second kappa shape index (κ2) is 3.81. The summed E-state index contributed by atoms with van der Waals surface area (Å²) in [5, 5.41) is 10.4. The molecule has 0 bridgehead atoms. The number of nitrogens with zero attached hydrogens (tertiary/aromatic N) is 1. The highest BCUT2D eigenvalue weighted by Crippen LogP contribution is 2.13. The average Bonchev–Trinajstić information content (AvgIpc) is 2.48. The molecule has 0 unspecified atom stereocenters. The molecule has 0 aliphatic rings. The van der Waals surface area contributed by atoms with Crippen molar-refractivity contribution in [3.05, 3.63) is 28.8 Å². The molecule has 0 saturated carbocycles. The van der Waals surface area contributed by atoms with Crippen molar-refractivity contribution in [1.29, 1.82) is 5.26 Å². The van der Waals surface area contributed by atoms with Crippen LogP contribution in [0.15, 0.2) is 11.4 Å². The molecule has 0 aromatic carbocycles. The van der Waals surface area contributed by atoms with E-state index in [1.54, 1.807) is 0 Å². The van der Waals surface area contributed by atoms with Crippen LogP contribution < -0.4 is 0 Å². The summed E-state index contributed by atoms with van der Waals surface area (Å²) in [7, 11) is 0. The van der Waals surface area contributed by atoms with Gasteiger partial charge >= 0.3 is 0 Å². The van der Waals surface area contributed by atoms with E-state index in [0.717, 1.165) is 10.4 Å². The van der Waals surface area contributed by atoms with Gasteiger partial charge < -0.3 is 0 Å². The van der Waals surface area contributed by atoms with Crippen LogP contribution in [0.1, 0.15) is 10.4 Å². The topological polar surface area (TPSA) is 23.8 Å². The fourth-order valence-electron chi connectivity index (χ4n) is 0.691. The highest BCUT2D eigenvalue weighted by Gasteiger charge is 1.95. The standard InChI is InChI=1S/C9H6NS/c1-2-3-4-8-5-9(6-10)11-7-8/h5,7H,1,4H2. The first-order valence-electron chi connectivity index (χ1n) is 3.09. The van der Waals surface area contributed by atoms with E-state index < -0.39 is 0 Å². The normalized spacial score (nSPS) is 8.00. The molecule has 2 heteroatoms. The summed E-state index contributed by atoms with van der Waals surface area (Å²) in [5.74, 6) is 5.40. The first-order valence-corrected chi connectivity index (χ1v) is 3.97. The Kier molecular flexibility index (Phi) is 2.72. The molecule has 0 atom stereocenters. The summed E-state index contributed by atoms with van der Waals surface area (Å²) in [6, 6.07) is 3.93. The van der Waals surface area contributed by atoms with Crippen molar-refractivity contribution in [3.8, 4) is 17.9 Å². The maximum absolute atomic E-state index is 8.49. The van der Waals surface area contributed by atoms with Crippen molar-refractivity contribution in [2.75, 3.05) is 0 Å². The summed E-state index contributed by atoms with van der Waals surface area (Å²) < 4.78 is 0. The van der Waals surface area contributed by atoms with Crippen LogP contribution in [0.3, 0.4) is 0 Å². The Balaban J connectivity index is 2.72. The van der Waals surface area contributed by atoms with E-state index in [9.17, 15) is 0 Å². The van der Waals surface area contributed by atoms with Crippen LogP contribution in [0.4, 0.5) is 0 Å². The third-order valence-electron chi connectivity index (χ3n) is 1.18. The fourth-order valence-corrected chi connectivity index (χ4v) is 1.39. The van der Waals surface area contributed by atoms with Crippen LogP contribution in [-0.2, 0) is 6.42 Å². The largest absolute Gasteiger partial charge is 0.192 e. The SMILES string of the molecule is [CH2]C#CCc1csc(C#N)c1. The minimum Gasteiger partial charge on any atom is -0.192 e. The smallest absolute Gasteiger partial charge is 0.110 e. The van der Waals surface area contributed by atoms with Crippen LogP contribution in [-0.4, -0.2) is 0 Å². The third-order valence-corrected chi connectivity index (χ3v) is 2.07. The van der Waals surface area contributed by atoms with E-state index >= 15 is 0 Å². The van der Waals surface area contributed by atoms with Gasteiger partial charge in [-0.05, 0) is 17.0 Å². The number of hydrogen-bond donors (Lipinski definition) is 0. The molecule has 0 amide bonds. The zero-order chi connectivity index (χ0) is 8.10. The van der Waals surface area contributed by atoms with Crippen molar-refractivity contribution >= 4 is 11.3 Å². The highest BCUT2D eigenvalue weighted by molar-refractivity contribution is 7.10. The average molecular weight is 160 g/mol. The lowest BCUT2D eigenvalue weighted by atomic mass is 10.2. The molecular formula is C9H6NS. The lowest BCUT2D eigenvalue weighted by molar-refractivity contribution is 1.35. The lowest BCUT2D eigenvalue weighted by Gasteiger charge is -1.80. The van der Waals surface area contributed by atoms with Gasteiger partial charge in [0.15, 0.2) is 0 Å². The van der Waals surface area contributed by atoms with Crippen molar-refractivity contribution in [2.24, 2.45) is 0 Å². The monoisotopic (exact) mass is 160 g/mol. The maximum Gasteiger partial charge on any atom is 0.110 e. The minimum atomic E-state index is 0.696. The van der Waals surface area contributed by atoms with Crippen molar-refractivity contribution < 1.29 is 0 Å². The lowest BCUT2D eigenvalue weighted by Crippen LogP contribution is -1.73. The Hall–Kier alpha value is -1.25. The molecule has 0 aliphatic carbocycles. The summed E-state index contributed by atoms with van der Waals surface area (Å²) in [5.41, 5.74) is 1.10. The first-order chi connectivity index (χ1) is 5.36. The van der Waals surface area contributed by atoms with E-state index in [2.05, 4.69) is 24.8 Å². The van der Waals surface area contributed by atoms with Crippen LogP contribution in [0.2, 0.25) is 0 Å². The Bertz CT molecular complexity index is 332. The molecule has 0 saturated heterocycles. The van der Waals surface area contributed by atoms with Gasteiger partial charge in [0.2, 0.25) is 0 Å². The molecule has 0 aliphatic heterocycles. The third kappa shape index (κ3) is 2.11. The van der Waals surface area contributed by atoms with E-state index in [1.165, 1.54) is 11.3 Å². The van der Waals surface area contributed by atoms with Gasteiger partial charge in [-0.1, -0.05) is 5.92 Å². The van der Waals surface area contributed by atoms with E-state index in [1.807, 2.05) is 11.4 Å². The molecule has 1 aromatic rings. The summed E-state index contributed by atoms with van der Waals surface area (Å²) in [6.45, 7) is 3.40. The molecule has 1 heterocycles. The van der Waals surface area contributed by atoms with Crippen molar-refractivity contribution in [1.82, 2.24) is 0 Å². The molecule has 53 valence electrons. The van der Waals surface area contributed by atoms with Gasteiger partial charge in [-0.25, -0.2) is 0 Å². The zero-order valence-corrected chi connectivity index (χ0v) is 6.74. The Labute approximate surface area is 70.3 Å². The Morgan fingerprint density at radius 2 is 2.45 bits per heavy atom. The number of rotatable bonds is 1. The van der Waals surface area contributed by atoms with Gasteiger partial charge in [0.05, 0.1) is 0 Å². The first kappa shape index (κ1) is 7.85. The summed E-state index contributed by atoms with van der Waals surface area (Å²) in [6.07, 6.45) is 0.696. The van der Waals surface area contributed by atoms with Crippen LogP contribution >= 0.6 is 11.3 Å². The predicted molar refractivity (Wildman–Crippen MR) is 45.9 cm³/mol. The second-order valence-electron chi connectivity index (χ2n) is 1.96. The Morgan fingerprint density at radius 3 is 3.00 bits per heavy atom. The number of nitriles is 1. The molecule has 11 heavy (non-hydrogen) atoms. The van der Waals surface area contributed by atoms with Gasteiger partial charge in [0.1, 0.15) is 10.9 Å². The molecule has 0 fully saturated rings. The molecule has 1 aromatic heterocycles. The fraction of sp³-hybridized carbons (Fsp3) is 0.111. The molecule has 1 nitrogen and oxygen atoms in total. The summed E-state index contributed by atoms with van der Waals surface area (Å²) in [4.78, 5) is 0.742. The number of hydrogen-bond acceptors (Lipinski definition) is 2. The van der Waals surface area contributed by atoms with Crippen LogP contribution in [0, 0.1) is 30.1 Å². The van der Waals surface area contributed by atoms with Crippen molar-refractivity contribution in [3.63, 3.8) is 0 Å². The minimum absolute atomic E-state index is 0.696. The predicted octanol–water partition coefficient (Wildman–Crippen LogP) is 2.00. The van der Waals surface area contributed by atoms with Crippen LogP contribution in [0.25, 0.3) is 0 Å². The van der Waals surface area contributed by atoms with E-state index in [0.29, 0.717) is 6.42 Å². The van der Waals surface area contributed by atoms with Gasteiger partial charge in [-0.15, -0.1) is 17.3 Å². The zero-order valence-electron chi connectivity index (χ0n) is 5.92. The molecule has 0 N–H and O–H groups in total. The van der Waals surface area contributed by atoms with E-state index in [4.69, 9.17) is 5.26 Å². The van der Waals surface area contributed by atoms with Crippen LogP contribution in [0.5, 0.6) is 0 Å². The Morgan fingerprint density at radius 1 is 1.64 bits per heavy atom. The van der Waals surface area contributed by atoms with Gasteiger partial charge in [-0.2, -0.15) is 5.26 Å². The molecule has 0 spiro atoms. The maximum atomic E-state index is 8.49. The van der Waals surface area contributed by atoms with Gasteiger partial charge in [-0.3, -0.25) is 0 Å². The quantitative estimate of drug-likeness (QED) is 0.576. The van der Waals surface area contributed by atoms with Gasteiger partial charge in [0, 0.05) is 13.3 Å². The molecule has 1 radical (unpaired) electrons. The highest BCUT2D eigenvalue weighted by atomic mass is 32.1. The second-order valence-corrected chi connectivity index (χ2v) is 2.87. The van der Waals surface area contributed by atoms with Crippen molar-refractivity contribution in [2.45, 2.75) is 6.42 Å².